The fourth-order valence-electron chi connectivity index (χ4n) is 4.62. The van der Waals surface area contributed by atoms with E-state index in [1.54, 1.807) is 4.90 Å². The van der Waals surface area contributed by atoms with Gasteiger partial charge in [0.15, 0.2) is 0 Å². The van der Waals surface area contributed by atoms with Gasteiger partial charge in [0.25, 0.3) is 0 Å². The molecule has 5 heteroatoms. The van der Waals surface area contributed by atoms with E-state index in [4.69, 9.17) is 9.47 Å². The average molecular weight is 450 g/mol. The molecule has 0 spiro atoms. The molecule has 1 saturated heterocycles. The van der Waals surface area contributed by atoms with E-state index in [-0.39, 0.29) is 29.9 Å². The topological polar surface area (TPSA) is 38.8 Å². The first-order valence-electron chi connectivity index (χ1n) is 11.5. The second kappa shape index (κ2) is 9.52. The summed E-state index contributed by atoms with van der Waals surface area (Å²) in [7, 11) is 0. The Morgan fingerprint density at radius 2 is 1.70 bits per heavy atom. The van der Waals surface area contributed by atoms with Crippen molar-refractivity contribution in [3.8, 4) is 0 Å². The van der Waals surface area contributed by atoms with Gasteiger partial charge in [-0.1, -0.05) is 55.5 Å². The number of likely N-dealkylation sites (tertiary alicyclic amines) is 1. The second-order valence-corrected chi connectivity index (χ2v) is 9.97. The summed E-state index contributed by atoms with van der Waals surface area (Å²) in [5.41, 5.74) is 1.54. The van der Waals surface area contributed by atoms with Crippen LogP contribution < -0.4 is 0 Å². The van der Waals surface area contributed by atoms with Crippen LogP contribution in [-0.4, -0.2) is 35.8 Å². The number of rotatable bonds is 4. The van der Waals surface area contributed by atoms with Crippen LogP contribution in [-0.2, 0) is 16.1 Å². The SMILES string of the molecule is CC1CN(C(=O)OC(C)(C)C)CC(OCc2ccc3ccccc3c2)C1c1ccc(F)cc1. The Labute approximate surface area is 195 Å². The summed E-state index contributed by atoms with van der Waals surface area (Å²) in [5.74, 6) is -0.0886. The number of halogens is 1. The van der Waals surface area contributed by atoms with Gasteiger partial charge in [-0.05, 0) is 66.8 Å². The molecule has 4 nitrogen and oxygen atoms in total. The Kier molecular flexibility index (Phi) is 6.71. The zero-order chi connectivity index (χ0) is 23.6. The minimum atomic E-state index is -0.560. The van der Waals surface area contributed by atoms with Crippen LogP contribution in [0.4, 0.5) is 9.18 Å². The molecule has 1 aliphatic rings. The van der Waals surface area contributed by atoms with E-state index >= 15 is 0 Å². The molecule has 33 heavy (non-hydrogen) atoms. The van der Waals surface area contributed by atoms with Crippen molar-refractivity contribution in [3.05, 3.63) is 83.7 Å². The largest absolute Gasteiger partial charge is 0.444 e. The monoisotopic (exact) mass is 449 g/mol. The molecule has 4 rings (SSSR count). The highest BCUT2D eigenvalue weighted by molar-refractivity contribution is 5.82. The van der Waals surface area contributed by atoms with Crippen LogP contribution in [0, 0.1) is 11.7 Å². The van der Waals surface area contributed by atoms with Crippen LogP contribution in [0.5, 0.6) is 0 Å². The maximum absolute atomic E-state index is 13.6. The Balaban J connectivity index is 1.56. The number of amides is 1. The standard InChI is InChI=1S/C28H32FNO3/c1-19-16-30(27(31)33-28(2,3)4)17-25(26(19)22-11-13-24(29)14-12-22)32-18-20-9-10-21-7-5-6-8-23(21)15-20/h5-15,19,25-26H,16-18H2,1-4H3. The van der Waals surface area contributed by atoms with Crippen LogP contribution in [0.1, 0.15) is 44.7 Å². The maximum atomic E-state index is 13.6. The van der Waals surface area contributed by atoms with E-state index in [9.17, 15) is 9.18 Å². The molecule has 1 amide bonds. The highest BCUT2D eigenvalue weighted by Gasteiger charge is 2.39. The van der Waals surface area contributed by atoms with Gasteiger partial charge in [0.2, 0.25) is 0 Å². The lowest BCUT2D eigenvalue weighted by atomic mass is 9.79. The number of hydrogen-bond donors (Lipinski definition) is 0. The zero-order valence-corrected chi connectivity index (χ0v) is 19.8. The van der Waals surface area contributed by atoms with Crippen molar-refractivity contribution in [1.29, 1.82) is 0 Å². The Bertz CT molecular complexity index is 1110. The second-order valence-electron chi connectivity index (χ2n) is 9.97. The molecule has 1 fully saturated rings. The van der Waals surface area contributed by atoms with Gasteiger partial charge in [-0.2, -0.15) is 0 Å². The third kappa shape index (κ3) is 5.72. The summed E-state index contributed by atoms with van der Waals surface area (Å²) in [6.45, 7) is 9.13. The highest BCUT2D eigenvalue weighted by atomic mass is 19.1. The Hall–Kier alpha value is -2.92. The van der Waals surface area contributed by atoms with Gasteiger partial charge in [0.1, 0.15) is 11.4 Å². The lowest BCUT2D eigenvalue weighted by Gasteiger charge is -2.43. The number of nitrogens with zero attached hydrogens (tertiary/aromatic N) is 1. The summed E-state index contributed by atoms with van der Waals surface area (Å²) < 4.78 is 25.6. The van der Waals surface area contributed by atoms with Crippen molar-refractivity contribution in [1.82, 2.24) is 4.90 Å². The lowest BCUT2D eigenvalue weighted by molar-refractivity contribution is -0.0502. The number of piperidine rings is 1. The Morgan fingerprint density at radius 1 is 1.00 bits per heavy atom. The van der Waals surface area contributed by atoms with E-state index in [1.807, 2.05) is 45.0 Å². The zero-order valence-electron chi connectivity index (χ0n) is 19.8. The number of carbonyl (C=O) groups excluding carboxylic acids is 1. The van der Waals surface area contributed by atoms with Gasteiger partial charge >= 0.3 is 6.09 Å². The maximum Gasteiger partial charge on any atom is 0.410 e. The molecule has 0 radical (unpaired) electrons. The normalized spacial score (nSPS) is 21.2. The van der Waals surface area contributed by atoms with Crippen molar-refractivity contribution in [3.63, 3.8) is 0 Å². The summed E-state index contributed by atoms with van der Waals surface area (Å²) >= 11 is 0. The van der Waals surface area contributed by atoms with Gasteiger partial charge in [0.05, 0.1) is 19.3 Å². The number of ether oxygens (including phenoxy) is 2. The first-order valence-corrected chi connectivity index (χ1v) is 11.5. The number of hydrogen-bond acceptors (Lipinski definition) is 3. The summed E-state index contributed by atoms with van der Waals surface area (Å²) in [6, 6.07) is 21.2. The first kappa shape index (κ1) is 23.2. The van der Waals surface area contributed by atoms with Crippen molar-refractivity contribution >= 4 is 16.9 Å². The van der Waals surface area contributed by atoms with Gasteiger partial charge in [0, 0.05) is 12.5 Å². The fourth-order valence-corrected chi connectivity index (χ4v) is 4.62. The van der Waals surface area contributed by atoms with E-state index in [0.29, 0.717) is 19.7 Å². The summed E-state index contributed by atoms with van der Waals surface area (Å²) in [5, 5.41) is 2.36. The summed E-state index contributed by atoms with van der Waals surface area (Å²) in [4.78, 5) is 14.5. The first-order chi connectivity index (χ1) is 15.7. The third-order valence-corrected chi connectivity index (χ3v) is 6.11. The number of benzene rings is 3. The predicted octanol–water partition coefficient (Wildman–Crippen LogP) is 6.53. The molecule has 3 atom stereocenters. The van der Waals surface area contributed by atoms with Crippen LogP contribution in [0.3, 0.4) is 0 Å². The number of carbonyl (C=O) groups is 1. The Morgan fingerprint density at radius 3 is 2.39 bits per heavy atom. The molecule has 0 aromatic heterocycles. The van der Waals surface area contributed by atoms with E-state index in [2.05, 4.69) is 37.3 Å². The van der Waals surface area contributed by atoms with Gasteiger partial charge in [-0.3, -0.25) is 0 Å². The molecule has 0 aliphatic carbocycles. The van der Waals surface area contributed by atoms with Crippen LogP contribution in [0.2, 0.25) is 0 Å². The molecule has 3 aromatic carbocycles. The minimum Gasteiger partial charge on any atom is -0.444 e. The smallest absolute Gasteiger partial charge is 0.410 e. The molecule has 0 bridgehead atoms. The average Bonchev–Trinajstić information content (AvgIpc) is 2.77. The minimum absolute atomic E-state index is 0.0461. The highest BCUT2D eigenvalue weighted by Crippen LogP contribution is 2.36. The predicted molar refractivity (Wildman–Crippen MR) is 129 cm³/mol. The molecule has 174 valence electrons. The molecule has 0 saturated carbocycles. The third-order valence-electron chi connectivity index (χ3n) is 6.11. The van der Waals surface area contributed by atoms with Crippen LogP contribution >= 0.6 is 0 Å². The van der Waals surface area contributed by atoms with Crippen LogP contribution in [0.15, 0.2) is 66.7 Å². The molecule has 3 unspecified atom stereocenters. The molecule has 1 aliphatic heterocycles. The van der Waals surface area contributed by atoms with Crippen LogP contribution in [0.25, 0.3) is 10.8 Å². The lowest BCUT2D eigenvalue weighted by Crippen LogP contribution is -2.51. The molecule has 3 aromatic rings. The van der Waals surface area contributed by atoms with E-state index in [1.165, 1.54) is 22.9 Å². The van der Waals surface area contributed by atoms with Gasteiger partial charge in [-0.15, -0.1) is 0 Å². The van der Waals surface area contributed by atoms with E-state index in [0.717, 1.165) is 11.1 Å². The molecular formula is C28H32FNO3. The van der Waals surface area contributed by atoms with Crippen molar-refractivity contribution < 1.29 is 18.7 Å². The molecule has 1 heterocycles. The van der Waals surface area contributed by atoms with Crippen molar-refractivity contribution in [2.45, 2.75) is 51.9 Å². The molecular weight excluding hydrogens is 417 g/mol. The quantitative estimate of drug-likeness (QED) is 0.454. The van der Waals surface area contributed by atoms with E-state index < -0.39 is 5.60 Å². The van der Waals surface area contributed by atoms with Crippen molar-refractivity contribution in [2.24, 2.45) is 5.92 Å². The fraction of sp³-hybridized carbons (Fsp3) is 0.393. The molecule has 0 N–H and O–H groups in total. The van der Waals surface area contributed by atoms with Gasteiger partial charge < -0.3 is 14.4 Å². The summed E-state index contributed by atoms with van der Waals surface area (Å²) in [6.07, 6.45) is -0.565. The van der Waals surface area contributed by atoms with Gasteiger partial charge in [-0.25, -0.2) is 9.18 Å². The van der Waals surface area contributed by atoms with Crippen molar-refractivity contribution in [2.75, 3.05) is 13.1 Å². The number of fused-ring (bicyclic) bond motifs is 1.